The van der Waals surface area contributed by atoms with Crippen LogP contribution in [0, 0.1) is 0 Å². The maximum atomic E-state index is 13.4. The van der Waals surface area contributed by atoms with Crippen molar-refractivity contribution in [2.24, 2.45) is 0 Å². The normalized spacial score (nSPS) is 25.2. The molecule has 5 atom stereocenters. The van der Waals surface area contributed by atoms with Crippen molar-refractivity contribution in [2.45, 2.75) is 37.1 Å². The highest BCUT2D eigenvalue weighted by Gasteiger charge is 2.45. The largest absolute Gasteiger partial charge is 0.508 e. The van der Waals surface area contributed by atoms with Crippen molar-refractivity contribution in [2.75, 3.05) is 20.7 Å². The van der Waals surface area contributed by atoms with Crippen LogP contribution < -0.4 is 5.43 Å². The summed E-state index contributed by atoms with van der Waals surface area (Å²) in [5.74, 6) is -0.261. The van der Waals surface area contributed by atoms with Crippen LogP contribution in [0.2, 0.25) is 0 Å². The third-order valence-corrected chi connectivity index (χ3v) is 6.01. The van der Waals surface area contributed by atoms with Gasteiger partial charge in [0.05, 0.1) is 23.1 Å². The van der Waals surface area contributed by atoms with Crippen molar-refractivity contribution >= 4 is 11.0 Å². The summed E-state index contributed by atoms with van der Waals surface area (Å²) in [6.07, 6.45) is -6.26. The molecule has 0 radical (unpaired) electrons. The average molecular weight is 473 g/mol. The Morgan fingerprint density at radius 3 is 2.35 bits per heavy atom. The lowest BCUT2D eigenvalue weighted by Gasteiger charge is -2.40. The van der Waals surface area contributed by atoms with Gasteiger partial charge in [0.1, 0.15) is 53.9 Å². The van der Waals surface area contributed by atoms with E-state index in [2.05, 4.69) is 0 Å². The lowest BCUT2D eigenvalue weighted by atomic mass is 9.89. The van der Waals surface area contributed by atoms with Crippen molar-refractivity contribution in [1.82, 2.24) is 4.90 Å². The first kappa shape index (κ1) is 24.1. The molecule has 1 fully saturated rings. The molecule has 10 nitrogen and oxygen atoms in total. The van der Waals surface area contributed by atoms with Gasteiger partial charge < -0.3 is 44.7 Å². The number of aliphatic hydroxyl groups is 4. The van der Waals surface area contributed by atoms with Crippen molar-refractivity contribution in [1.29, 1.82) is 0 Å². The second kappa shape index (κ2) is 9.34. The van der Waals surface area contributed by atoms with Crippen LogP contribution >= 0.6 is 0 Å². The van der Waals surface area contributed by atoms with E-state index in [-0.39, 0.29) is 33.6 Å². The molecule has 4 rings (SSSR count). The first-order valence-corrected chi connectivity index (χ1v) is 10.7. The maximum absolute atomic E-state index is 13.4. The van der Waals surface area contributed by atoms with E-state index in [1.54, 1.807) is 12.1 Å². The summed E-state index contributed by atoms with van der Waals surface area (Å²) in [5, 5.41) is 61.0. The van der Waals surface area contributed by atoms with Crippen LogP contribution in [0.4, 0.5) is 0 Å². The number of rotatable bonds is 5. The van der Waals surface area contributed by atoms with Crippen LogP contribution in [0.5, 0.6) is 11.5 Å². The molecule has 1 aliphatic rings. The fourth-order valence-corrected chi connectivity index (χ4v) is 4.25. The van der Waals surface area contributed by atoms with E-state index in [0.29, 0.717) is 17.7 Å². The molecule has 0 saturated carbocycles. The molecule has 1 aliphatic heterocycles. The molecule has 10 heteroatoms. The zero-order valence-corrected chi connectivity index (χ0v) is 18.6. The van der Waals surface area contributed by atoms with Crippen molar-refractivity contribution in [3.8, 4) is 22.6 Å². The maximum Gasteiger partial charge on any atom is 0.200 e. The van der Waals surface area contributed by atoms with Gasteiger partial charge in [-0.25, -0.2) is 0 Å². The van der Waals surface area contributed by atoms with Gasteiger partial charge in [-0.05, 0) is 43.9 Å². The highest BCUT2D eigenvalue weighted by Crippen LogP contribution is 2.40. The van der Waals surface area contributed by atoms with E-state index in [0.717, 1.165) is 0 Å². The van der Waals surface area contributed by atoms with E-state index < -0.39 is 42.6 Å². The van der Waals surface area contributed by atoms with Crippen LogP contribution in [0.3, 0.4) is 0 Å². The molecule has 0 aliphatic carbocycles. The summed E-state index contributed by atoms with van der Waals surface area (Å²) in [6, 6.07) is 7.38. The molecule has 3 aromatic rings. The molecule has 0 spiro atoms. The monoisotopic (exact) mass is 473 g/mol. The van der Waals surface area contributed by atoms with E-state index in [4.69, 9.17) is 9.15 Å². The number of nitrogens with zero attached hydrogens (tertiary/aromatic N) is 1. The van der Waals surface area contributed by atoms with E-state index in [1.807, 2.05) is 19.0 Å². The number of hydrogen-bond donors (Lipinski definition) is 6. The van der Waals surface area contributed by atoms with Gasteiger partial charge in [-0.2, -0.15) is 0 Å². The number of hydrogen-bond acceptors (Lipinski definition) is 10. The van der Waals surface area contributed by atoms with Crippen LogP contribution in [-0.2, 0) is 11.3 Å². The molecular weight excluding hydrogens is 446 g/mol. The molecular formula is C24H27NO9. The summed E-state index contributed by atoms with van der Waals surface area (Å²) in [5.41, 5.74) is 0.788. The number of phenols is 2. The second-order valence-corrected chi connectivity index (χ2v) is 8.68. The minimum absolute atomic E-state index is 0.0645. The lowest BCUT2D eigenvalue weighted by Crippen LogP contribution is -2.55. The highest BCUT2D eigenvalue weighted by molar-refractivity contribution is 5.86. The highest BCUT2D eigenvalue weighted by atomic mass is 16.5. The Morgan fingerprint density at radius 1 is 0.971 bits per heavy atom. The number of aromatic hydroxyl groups is 2. The zero-order chi connectivity index (χ0) is 24.7. The molecule has 2 heterocycles. The van der Waals surface area contributed by atoms with Gasteiger partial charge in [0.15, 0.2) is 0 Å². The topological polar surface area (TPSA) is 164 Å². The molecule has 6 N–H and O–H groups in total. The molecule has 1 aromatic heterocycles. The third-order valence-electron chi connectivity index (χ3n) is 6.01. The van der Waals surface area contributed by atoms with Crippen LogP contribution in [0.1, 0.15) is 17.2 Å². The SMILES string of the molecule is CN(C)Cc1cc(-c2coc3c([C@@H]4O[C@H](CO)[C@@H](O)[C@H](O)[C@H]4O)c(O)ccc3c2=O)ccc1O. The Balaban J connectivity index is 1.84. The standard InChI is InChI=1S/C24H27NO9/c1-25(2)8-12-7-11(3-5-15(12)27)14-10-33-23-13(19(14)29)4-6-16(28)18(23)24-22(32)21(31)20(30)17(9-26)34-24/h3-7,10,17,20-22,24,26-28,30-32H,8-9H2,1-2H3/t17-,20-,21+,22-,24+/m1/s1. The summed E-state index contributed by atoms with van der Waals surface area (Å²) in [6.45, 7) is -0.190. The summed E-state index contributed by atoms with van der Waals surface area (Å²) in [4.78, 5) is 15.2. The average Bonchev–Trinajstić information content (AvgIpc) is 2.80. The van der Waals surface area contributed by atoms with Crippen LogP contribution in [-0.4, -0.2) is 80.7 Å². The Kier molecular flexibility index (Phi) is 6.63. The Hall–Kier alpha value is -2.99. The first-order chi connectivity index (χ1) is 16.1. The fraction of sp³-hybridized carbons (Fsp3) is 0.375. The molecule has 182 valence electrons. The number of aliphatic hydroxyl groups excluding tert-OH is 4. The molecule has 1 saturated heterocycles. The molecule has 0 unspecified atom stereocenters. The number of fused-ring (bicyclic) bond motifs is 1. The summed E-state index contributed by atoms with van der Waals surface area (Å²) < 4.78 is 11.3. The van der Waals surface area contributed by atoms with Gasteiger partial charge in [0, 0.05) is 12.1 Å². The Labute approximate surface area is 194 Å². The van der Waals surface area contributed by atoms with Gasteiger partial charge in [-0.1, -0.05) is 6.07 Å². The number of ether oxygens (including phenoxy) is 1. The second-order valence-electron chi connectivity index (χ2n) is 8.68. The van der Waals surface area contributed by atoms with Gasteiger partial charge in [-0.15, -0.1) is 0 Å². The van der Waals surface area contributed by atoms with Gasteiger partial charge in [0.2, 0.25) is 5.43 Å². The predicted molar refractivity (Wildman–Crippen MR) is 121 cm³/mol. The van der Waals surface area contributed by atoms with Crippen molar-refractivity contribution in [3.05, 3.63) is 57.9 Å². The summed E-state index contributed by atoms with van der Waals surface area (Å²) in [7, 11) is 3.70. The van der Waals surface area contributed by atoms with E-state index in [9.17, 15) is 35.4 Å². The summed E-state index contributed by atoms with van der Waals surface area (Å²) >= 11 is 0. The van der Waals surface area contributed by atoms with Gasteiger partial charge in [0.25, 0.3) is 0 Å². The smallest absolute Gasteiger partial charge is 0.200 e. The van der Waals surface area contributed by atoms with Gasteiger partial charge >= 0.3 is 0 Å². The minimum atomic E-state index is -1.66. The van der Waals surface area contributed by atoms with Crippen LogP contribution in [0.25, 0.3) is 22.1 Å². The fourth-order valence-electron chi connectivity index (χ4n) is 4.25. The first-order valence-electron chi connectivity index (χ1n) is 10.7. The van der Waals surface area contributed by atoms with Crippen molar-refractivity contribution < 1.29 is 39.8 Å². The predicted octanol–water partition coefficient (Wildman–Crippen LogP) is 0.448. The van der Waals surface area contributed by atoms with Gasteiger partial charge in [-0.3, -0.25) is 4.79 Å². The molecule has 34 heavy (non-hydrogen) atoms. The Morgan fingerprint density at radius 2 is 1.68 bits per heavy atom. The van der Waals surface area contributed by atoms with Crippen LogP contribution in [0.15, 0.2) is 45.8 Å². The third kappa shape index (κ3) is 4.16. The molecule has 0 amide bonds. The lowest BCUT2D eigenvalue weighted by molar-refractivity contribution is -0.231. The Bertz CT molecular complexity index is 1250. The molecule has 0 bridgehead atoms. The van der Waals surface area contributed by atoms with Crippen molar-refractivity contribution in [3.63, 3.8) is 0 Å². The van der Waals surface area contributed by atoms with E-state index in [1.165, 1.54) is 24.5 Å². The zero-order valence-electron chi connectivity index (χ0n) is 18.6. The minimum Gasteiger partial charge on any atom is -0.508 e. The molecule has 2 aromatic carbocycles. The number of benzene rings is 2. The van der Waals surface area contributed by atoms with E-state index >= 15 is 0 Å². The quantitative estimate of drug-likeness (QED) is 0.306. The number of phenolic OH excluding ortho intramolecular Hbond substituents is 2.